The third-order valence-corrected chi connectivity index (χ3v) is 2.62. The van der Waals surface area contributed by atoms with Gasteiger partial charge in [-0.25, -0.2) is 4.98 Å². The zero-order chi connectivity index (χ0) is 13.0. The van der Waals surface area contributed by atoms with Crippen LogP contribution in [-0.2, 0) is 13.2 Å². The Morgan fingerprint density at radius 1 is 1.17 bits per heavy atom. The van der Waals surface area contributed by atoms with Gasteiger partial charge in [-0.3, -0.25) is 0 Å². The van der Waals surface area contributed by atoms with Gasteiger partial charge in [0.2, 0.25) is 5.88 Å². The average Bonchev–Trinajstić information content (AvgIpc) is 2.40. The fourth-order valence-corrected chi connectivity index (χ4v) is 1.58. The number of aliphatic hydroxyl groups is 1. The Kier molecular flexibility index (Phi) is 3.92. The van der Waals surface area contributed by atoms with E-state index in [1.54, 1.807) is 12.1 Å². The van der Waals surface area contributed by atoms with Crippen molar-refractivity contribution in [2.24, 2.45) is 5.73 Å². The van der Waals surface area contributed by atoms with Crippen molar-refractivity contribution in [2.75, 3.05) is 0 Å². The first kappa shape index (κ1) is 12.5. The molecule has 2 rings (SSSR count). The van der Waals surface area contributed by atoms with Gasteiger partial charge < -0.3 is 15.6 Å². The first-order chi connectivity index (χ1) is 8.72. The molecule has 94 valence electrons. The number of ether oxygens (including phenoxy) is 1. The fourth-order valence-electron chi connectivity index (χ4n) is 1.58. The van der Waals surface area contributed by atoms with Gasteiger partial charge in [-0.1, -0.05) is 18.2 Å². The molecule has 1 heterocycles. The van der Waals surface area contributed by atoms with Gasteiger partial charge in [0.25, 0.3) is 0 Å². The summed E-state index contributed by atoms with van der Waals surface area (Å²) in [5.41, 5.74) is 8.24. The molecule has 0 aliphatic heterocycles. The Labute approximate surface area is 106 Å². The van der Waals surface area contributed by atoms with Gasteiger partial charge in [-0.05, 0) is 30.7 Å². The zero-order valence-electron chi connectivity index (χ0n) is 10.3. The quantitative estimate of drug-likeness (QED) is 0.864. The van der Waals surface area contributed by atoms with Crippen LogP contribution in [0.15, 0.2) is 36.4 Å². The van der Waals surface area contributed by atoms with Crippen LogP contribution in [0.4, 0.5) is 0 Å². The lowest BCUT2D eigenvalue weighted by molar-refractivity contribution is 0.281. The Hall–Kier alpha value is -1.91. The largest absolute Gasteiger partial charge is 0.439 e. The normalized spacial score (nSPS) is 10.4. The van der Waals surface area contributed by atoms with Gasteiger partial charge in [0.05, 0.1) is 6.61 Å². The molecule has 1 aromatic carbocycles. The Bertz CT molecular complexity index is 524. The molecule has 0 spiro atoms. The number of hydrogen-bond donors (Lipinski definition) is 2. The predicted octanol–water partition coefficient (Wildman–Crippen LogP) is 2.13. The highest BCUT2D eigenvalue weighted by Gasteiger charge is 2.06. The summed E-state index contributed by atoms with van der Waals surface area (Å²) in [4.78, 5) is 4.33. The van der Waals surface area contributed by atoms with E-state index in [2.05, 4.69) is 4.98 Å². The highest BCUT2D eigenvalue weighted by molar-refractivity contribution is 5.34. The topological polar surface area (TPSA) is 68.4 Å². The van der Waals surface area contributed by atoms with E-state index in [9.17, 15) is 0 Å². The lowest BCUT2D eigenvalue weighted by atomic mass is 10.2. The van der Waals surface area contributed by atoms with E-state index in [0.29, 0.717) is 18.2 Å². The number of aryl methyl sites for hydroxylation is 1. The molecule has 0 bridgehead atoms. The lowest BCUT2D eigenvalue weighted by Crippen LogP contribution is -2.02. The molecular formula is C14H16N2O2. The van der Waals surface area contributed by atoms with Gasteiger partial charge in [0.1, 0.15) is 5.75 Å². The van der Waals surface area contributed by atoms with E-state index in [1.807, 2.05) is 31.2 Å². The number of aliphatic hydroxyl groups excluding tert-OH is 1. The molecule has 0 radical (unpaired) electrons. The third-order valence-electron chi connectivity index (χ3n) is 2.62. The van der Waals surface area contributed by atoms with Crippen LogP contribution in [-0.4, -0.2) is 10.1 Å². The summed E-state index contributed by atoms with van der Waals surface area (Å²) in [5.74, 6) is 1.22. The Balaban J connectivity index is 2.24. The summed E-state index contributed by atoms with van der Waals surface area (Å²) in [6.07, 6.45) is 0. The third kappa shape index (κ3) is 2.85. The summed E-state index contributed by atoms with van der Waals surface area (Å²) < 4.78 is 5.71. The summed E-state index contributed by atoms with van der Waals surface area (Å²) in [6.45, 7) is 2.32. The van der Waals surface area contributed by atoms with E-state index in [-0.39, 0.29) is 6.61 Å². The van der Waals surface area contributed by atoms with Crippen LogP contribution in [0, 0.1) is 6.92 Å². The van der Waals surface area contributed by atoms with Crippen molar-refractivity contribution in [3.63, 3.8) is 0 Å². The number of hydrogen-bond acceptors (Lipinski definition) is 4. The first-order valence-corrected chi connectivity index (χ1v) is 5.77. The maximum absolute atomic E-state index is 8.97. The molecular weight excluding hydrogens is 228 g/mol. The van der Waals surface area contributed by atoms with Gasteiger partial charge in [0, 0.05) is 17.8 Å². The smallest absolute Gasteiger partial charge is 0.223 e. The number of nitrogens with two attached hydrogens (primary N) is 1. The molecule has 0 fully saturated rings. The monoisotopic (exact) mass is 244 g/mol. The number of aromatic nitrogens is 1. The summed E-state index contributed by atoms with van der Waals surface area (Å²) >= 11 is 0. The SMILES string of the molecule is Cc1ccc(CN)c(Oc2ccc(CO)cc2)n1. The predicted molar refractivity (Wildman–Crippen MR) is 69.3 cm³/mol. The van der Waals surface area contributed by atoms with Crippen LogP contribution >= 0.6 is 0 Å². The van der Waals surface area contributed by atoms with Crippen LogP contribution in [0.5, 0.6) is 11.6 Å². The standard InChI is InChI=1S/C14H16N2O2/c1-10-2-5-12(8-15)14(16-10)18-13-6-3-11(9-17)4-7-13/h2-7,17H,8-9,15H2,1H3. The molecule has 2 aromatic rings. The van der Waals surface area contributed by atoms with Crippen molar-refractivity contribution in [3.8, 4) is 11.6 Å². The van der Waals surface area contributed by atoms with Crippen LogP contribution in [0.3, 0.4) is 0 Å². The molecule has 0 aliphatic rings. The number of benzene rings is 1. The minimum Gasteiger partial charge on any atom is -0.439 e. The molecule has 0 saturated carbocycles. The number of pyridine rings is 1. The zero-order valence-corrected chi connectivity index (χ0v) is 10.3. The first-order valence-electron chi connectivity index (χ1n) is 5.77. The molecule has 0 atom stereocenters. The van der Waals surface area contributed by atoms with Crippen LogP contribution in [0.1, 0.15) is 16.8 Å². The number of rotatable bonds is 4. The molecule has 3 N–H and O–H groups in total. The summed E-state index contributed by atoms with van der Waals surface area (Å²) in [5, 5.41) is 8.97. The Morgan fingerprint density at radius 2 is 1.89 bits per heavy atom. The molecule has 0 unspecified atom stereocenters. The highest BCUT2D eigenvalue weighted by atomic mass is 16.5. The second-order valence-electron chi connectivity index (χ2n) is 4.03. The fraction of sp³-hybridized carbons (Fsp3) is 0.214. The van der Waals surface area contributed by atoms with E-state index in [1.165, 1.54) is 0 Å². The summed E-state index contributed by atoms with van der Waals surface area (Å²) in [7, 11) is 0. The minimum atomic E-state index is 0.0248. The molecule has 0 aliphatic carbocycles. The Morgan fingerprint density at radius 3 is 2.50 bits per heavy atom. The van der Waals surface area contributed by atoms with Crippen molar-refractivity contribution in [2.45, 2.75) is 20.1 Å². The second kappa shape index (κ2) is 5.62. The van der Waals surface area contributed by atoms with Gasteiger partial charge >= 0.3 is 0 Å². The van der Waals surface area contributed by atoms with E-state index in [0.717, 1.165) is 16.8 Å². The second-order valence-corrected chi connectivity index (χ2v) is 4.03. The van der Waals surface area contributed by atoms with Gasteiger partial charge in [-0.2, -0.15) is 0 Å². The van der Waals surface area contributed by atoms with Crippen molar-refractivity contribution in [1.82, 2.24) is 4.98 Å². The average molecular weight is 244 g/mol. The van der Waals surface area contributed by atoms with E-state index in [4.69, 9.17) is 15.6 Å². The van der Waals surface area contributed by atoms with Crippen molar-refractivity contribution < 1.29 is 9.84 Å². The maximum atomic E-state index is 8.97. The molecule has 4 heteroatoms. The lowest BCUT2D eigenvalue weighted by Gasteiger charge is -2.09. The molecule has 0 amide bonds. The minimum absolute atomic E-state index is 0.0248. The summed E-state index contributed by atoms with van der Waals surface area (Å²) in [6, 6.07) is 11.1. The van der Waals surface area contributed by atoms with Crippen molar-refractivity contribution >= 4 is 0 Å². The van der Waals surface area contributed by atoms with Crippen molar-refractivity contribution in [3.05, 3.63) is 53.2 Å². The van der Waals surface area contributed by atoms with Crippen LogP contribution in [0.25, 0.3) is 0 Å². The van der Waals surface area contributed by atoms with Gasteiger partial charge in [-0.15, -0.1) is 0 Å². The van der Waals surface area contributed by atoms with Crippen molar-refractivity contribution in [1.29, 1.82) is 0 Å². The highest BCUT2D eigenvalue weighted by Crippen LogP contribution is 2.23. The van der Waals surface area contributed by atoms with Crippen LogP contribution < -0.4 is 10.5 Å². The van der Waals surface area contributed by atoms with E-state index < -0.39 is 0 Å². The number of nitrogens with zero attached hydrogens (tertiary/aromatic N) is 1. The van der Waals surface area contributed by atoms with E-state index >= 15 is 0 Å². The molecule has 18 heavy (non-hydrogen) atoms. The maximum Gasteiger partial charge on any atom is 0.223 e. The molecule has 4 nitrogen and oxygen atoms in total. The molecule has 0 saturated heterocycles. The van der Waals surface area contributed by atoms with Crippen LogP contribution in [0.2, 0.25) is 0 Å². The molecule has 1 aromatic heterocycles. The van der Waals surface area contributed by atoms with Gasteiger partial charge in [0.15, 0.2) is 0 Å².